The molecule has 0 heterocycles. The maximum Gasteiger partial charge on any atom is 0.401 e. The SMILES string of the molecule is CCCCCCCCCCCCOC(=O)c1cc(C)c(OP(Cl)Oc2cc(C(C)(C)C)c(C(=O)OCCCCCCCCCCCC)cc2C)cc1C(C)(C)C. The van der Waals surface area contributed by atoms with Crippen LogP contribution in [0.3, 0.4) is 0 Å². The topological polar surface area (TPSA) is 71.1 Å². The Labute approximate surface area is 348 Å². The van der Waals surface area contributed by atoms with Crippen molar-refractivity contribution in [3.05, 3.63) is 57.6 Å². The lowest BCUT2D eigenvalue weighted by atomic mass is 9.83. The number of aryl methyl sites for hydroxylation is 2. The monoisotopic (exact) mass is 817 g/mol. The minimum atomic E-state index is -1.92. The van der Waals surface area contributed by atoms with Crippen LogP contribution in [0, 0.1) is 13.8 Å². The van der Waals surface area contributed by atoms with Crippen LogP contribution in [0.5, 0.6) is 11.5 Å². The van der Waals surface area contributed by atoms with E-state index in [1.807, 2.05) is 38.1 Å². The van der Waals surface area contributed by atoms with Gasteiger partial charge in [0.1, 0.15) is 11.5 Å². The lowest BCUT2D eigenvalue weighted by Crippen LogP contribution is -2.19. The molecule has 0 aliphatic carbocycles. The van der Waals surface area contributed by atoms with Gasteiger partial charge in [-0.05, 0) is 95.3 Å². The van der Waals surface area contributed by atoms with Crippen molar-refractivity contribution < 1.29 is 28.1 Å². The summed E-state index contributed by atoms with van der Waals surface area (Å²) in [5, 5.41) is 0. The minimum Gasteiger partial charge on any atom is -0.462 e. The predicted molar refractivity (Wildman–Crippen MR) is 238 cm³/mol. The van der Waals surface area contributed by atoms with Crippen molar-refractivity contribution in [1.82, 2.24) is 0 Å². The van der Waals surface area contributed by atoms with Crippen LogP contribution in [0.25, 0.3) is 0 Å². The van der Waals surface area contributed by atoms with Gasteiger partial charge in [0.2, 0.25) is 0 Å². The highest BCUT2D eigenvalue weighted by Gasteiger charge is 2.28. The van der Waals surface area contributed by atoms with E-state index in [0.29, 0.717) is 35.8 Å². The largest absolute Gasteiger partial charge is 0.462 e. The molecule has 318 valence electrons. The van der Waals surface area contributed by atoms with Gasteiger partial charge in [-0.25, -0.2) is 9.59 Å². The summed E-state index contributed by atoms with van der Waals surface area (Å²) >= 11 is 6.79. The second-order valence-electron chi connectivity index (χ2n) is 17.9. The number of rotatable bonds is 28. The second-order valence-corrected chi connectivity index (χ2v) is 19.5. The van der Waals surface area contributed by atoms with Crippen LogP contribution in [0.4, 0.5) is 0 Å². The van der Waals surface area contributed by atoms with E-state index in [-0.39, 0.29) is 22.8 Å². The van der Waals surface area contributed by atoms with Gasteiger partial charge in [-0.15, -0.1) is 0 Å². The molecule has 0 bridgehead atoms. The molecule has 0 aromatic heterocycles. The number of halogens is 1. The molecule has 2 aromatic carbocycles. The molecular weight excluding hydrogens is 739 g/mol. The van der Waals surface area contributed by atoms with Gasteiger partial charge >= 0.3 is 19.7 Å². The summed E-state index contributed by atoms with van der Waals surface area (Å²) < 4.78 is 24.0. The molecule has 56 heavy (non-hydrogen) atoms. The molecule has 0 atom stereocenters. The fourth-order valence-electron chi connectivity index (χ4n) is 6.99. The van der Waals surface area contributed by atoms with Gasteiger partial charge in [0, 0.05) is 0 Å². The van der Waals surface area contributed by atoms with E-state index in [1.165, 1.54) is 103 Å². The molecule has 0 saturated heterocycles. The van der Waals surface area contributed by atoms with Crippen LogP contribution < -0.4 is 9.05 Å². The highest BCUT2D eigenvalue weighted by atomic mass is 35.7. The minimum absolute atomic E-state index is 0.308. The van der Waals surface area contributed by atoms with Gasteiger partial charge in [0.15, 0.2) is 0 Å². The summed E-state index contributed by atoms with van der Waals surface area (Å²) in [4.78, 5) is 26.7. The highest BCUT2D eigenvalue weighted by molar-refractivity contribution is 7.76. The Hall–Kier alpha value is -2.30. The summed E-state index contributed by atoms with van der Waals surface area (Å²) in [5.74, 6) is 0.501. The lowest BCUT2D eigenvalue weighted by Gasteiger charge is -2.26. The zero-order chi connectivity index (χ0) is 41.6. The molecule has 2 rings (SSSR count). The quantitative estimate of drug-likeness (QED) is 0.0484. The fourth-order valence-corrected chi connectivity index (χ4v) is 8.18. The van der Waals surface area contributed by atoms with Gasteiger partial charge in [0.25, 0.3) is 0 Å². The van der Waals surface area contributed by atoms with Gasteiger partial charge in [-0.1, -0.05) is 171 Å². The van der Waals surface area contributed by atoms with Crippen LogP contribution in [0.2, 0.25) is 0 Å². The van der Waals surface area contributed by atoms with Crippen LogP contribution in [0.15, 0.2) is 24.3 Å². The summed E-state index contributed by atoms with van der Waals surface area (Å²) in [6.07, 6.45) is 24.6. The van der Waals surface area contributed by atoms with Gasteiger partial charge in [-0.3, -0.25) is 0 Å². The average Bonchev–Trinajstić information content (AvgIpc) is 3.13. The summed E-state index contributed by atoms with van der Waals surface area (Å²) in [5.41, 5.74) is 3.62. The van der Waals surface area contributed by atoms with Crippen molar-refractivity contribution in [2.24, 2.45) is 0 Å². The van der Waals surface area contributed by atoms with Crippen molar-refractivity contribution in [2.75, 3.05) is 13.2 Å². The molecule has 0 N–H and O–H groups in total. The highest BCUT2D eigenvalue weighted by Crippen LogP contribution is 2.48. The number of hydrogen-bond acceptors (Lipinski definition) is 6. The molecule has 0 aliphatic rings. The molecule has 8 heteroatoms. The van der Waals surface area contributed by atoms with Gasteiger partial charge in [0.05, 0.1) is 24.3 Å². The first-order valence-electron chi connectivity index (χ1n) is 22.1. The molecule has 0 fully saturated rings. The fraction of sp³-hybridized carbons (Fsp3) is 0.708. The first-order valence-corrected chi connectivity index (χ1v) is 24.1. The van der Waals surface area contributed by atoms with E-state index >= 15 is 0 Å². The normalized spacial score (nSPS) is 11.9. The Morgan fingerprint density at radius 3 is 1.07 bits per heavy atom. The van der Waals surface area contributed by atoms with E-state index in [0.717, 1.165) is 47.9 Å². The maximum absolute atomic E-state index is 13.3. The zero-order valence-electron chi connectivity index (χ0n) is 37.1. The number of carbonyl (C=O) groups excluding carboxylic acids is 2. The Morgan fingerprint density at radius 2 is 0.786 bits per heavy atom. The smallest absolute Gasteiger partial charge is 0.401 e. The van der Waals surface area contributed by atoms with Crippen molar-refractivity contribution in [3.63, 3.8) is 0 Å². The van der Waals surface area contributed by atoms with Crippen molar-refractivity contribution >= 4 is 30.9 Å². The van der Waals surface area contributed by atoms with E-state index in [9.17, 15) is 9.59 Å². The van der Waals surface area contributed by atoms with Crippen molar-refractivity contribution in [2.45, 2.75) is 208 Å². The molecular formula is C48H78ClO6P. The first-order chi connectivity index (χ1) is 26.6. The standard InChI is InChI=1S/C48H78ClO6P/c1-11-13-15-17-19-21-23-25-27-29-31-52-45(50)39-33-37(3)43(35-41(39)47(5,6)7)54-56(49)55-44-36-42(48(8,9)10)40(34-38(44)4)46(51)53-32-30-28-26-24-22-20-18-16-14-12-2/h33-36H,11-32H2,1-10H3. The third-order valence-corrected chi connectivity index (χ3v) is 11.6. The van der Waals surface area contributed by atoms with Crippen LogP contribution in [0.1, 0.15) is 227 Å². The summed E-state index contributed by atoms with van der Waals surface area (Å²) in [6, 6.07) is 7.48. The van der Waals surface area contributed by atoms with Crippen molar-refractivity contribution in [1.29, 1.82) is 0 Å². The third kappa shape index (κ3) is 19.0. The summed E-state index contributed by atoms with van der Waals surface area (Å²) in [7, 11) is -1.92. The predicted octanol–water partition coefficient (Wildman–Crippen LogP) is 16.0. The maximum atomic E-state index is 13.3. The molecule has 2 aromatic rings. The van der Waals surface area contributed by atoms with Crippen LogP contribution >= 0.6 is 19.0 Å². The lowest BCUT2D eigenvalue weighted by molar-refractivity contribution is 0.0485. The molecule has 0 unspecified atom stereocenters. The van der Waals surface area contributed by atoms with Crippen LogP contribution in [-0.2, 0) is 20.3 Å². The van der Waals surface area contributed by atoms with Crippen LogP contribution in [-0.4, -0.2) is 25.2 Å². The molecule has 0 radical (unpaired) electrons. The van der Waals surface area contributed by atoms with Crippen molar-refractivity contribution in [3.8, 4) is 11.5 Å². The second kappa shape index (κ2) is 26.7. The molecule has 0 aliphatic heterocycles. The van der Waals surface area contributed by atoms with E-state index in [2.05, 4.69) is 55.4 Å². The molecule has 6 nitrogen and oxygen atoms in total. The molecule has 0 amide bonds. The number of esters is 2. The van der Waals surface area contributed by atoms with Gasteiger partial charge in [-0.2, -0.15) is 0 Å². The van der Waals surface area contributed by atoms with Gasteiger partial charge < -0.3 is 18.5 Å². The zero-order valence-corrected chi connectivity index (χ0v) is 38.8. The summed E-state index contributed by atoms with van der Waals surface area (Å²) in [6.45, 7) is 21.6. The number of carbonyl (C=O) groups is 2. The Morgan fingerprint density at radius 1 is 0.500 bits per heavy atom. The van der Waals surface area contributed by atoms with E-state index < -0.39 is 7.73 Å². The number of ether oxygens (including phenoxy) is 2. The average molecular weight is 818 g/mol. The first kappa shape index (κ1) is 49.8. The Balaban J connectivity index is 2.00. The Kier molecular flexibility index (Phi) is 23.7. The number of unbranched alkanes of at least 4 members (excludes halogenated alkanes) is 18. The number of benzene rings is 2. The number of hydrogen-bond donors (Lipinski definition) is 0. The third-order valence-electron chi connectivity index (χ3n) is 10.5. The Bertz CT molecular complexity index is 1340. The van der Waals surface area contributed by atoms with E-state index in [4.69, 9.17) is 29.8 Å². The molecule has 0 spiro atoms. The molecule has 0 saturated carbocycles. The van der Waals surface area contributed by atoms with E-state index in [1.54, 1.807) is 0 Å².